The number of fused-ring (bicyclic) bond motifs is 1. The van der Waals surface area contributed by atoms with Crippen molar-refractivity contribution in [2.24, 2.45) is 0 Å². The Kier molecular flexibility index (Phi) is 2.93. The van der Waals surface area contributed by atoms with Crippen LogP contribution in [0, 0.1) is 0 Å². The maximum atomic E-state index is 5.73. The lowest BCUT2D eigenvalue weighted by Gasteiger charge is -2.06. The van der Waals surface area contributed by atoms with Gasteiger partial charge in [-0.2, -0.15) is 0 Å². The largest absolute Gasteiger partial charge is 0.399 e. The second kappa shape index (κ2) is 4.21. The standard InChI is InChI=1S/C12H15NOS/c1-8(2)14-6-9-7-15-12-5-10(13)3-4-11(9)12/h3-5,7-8H,6,13H2,1-2H3. The Labute approximate surface area is 93.7 Å². The molecule has 0 aliphatic heterocycles. The molecule has 15 heavy (non-hydrogen) atoms. The van der Waals surface area contributed by atoms with Crippen molar-refractivity contribution in [2.45, 2.75) is 26.6 Å². The SMILES string of the molecule is CC(C)OCc1csc2cc(N)ccc12. The van der Waals surface area contributed by atoms with Crippen LogP contribution < -0.4 is 5.73 Å². The number of nitrogen functional groups attached to an aromatic ring is 1. The molecule has 0 atom stereocenters. The molecule has 80 valence electrons. The van der Waals surface area contributed by atoms with Crippen molar-refractivity contribution in [3.8, 4) is 0 Å². The maximum Gasteiger partial charge on any atom is 0.0734 e. The van der Waals surface area contributed by atoms with Crippen molar-refractivity contribution >= 4 is 27.1 Å². The molecule has 0 aliphatic rings. The first-order valence-corrected chi connectivity index (χ1v) is 5.92. The molecule has 0 saturated carbocycles. The minimum absolute atomic E-state index is 0.272. The van der Waals surface area contributed by atoms with Gasteiger partial charge in [-0.3, -0.25) is 0 Å². The first-order chi connectivity index (χ1) is 7.16. The highest BCUT2D eigenvalue weighted by Crippen LogP contribution is 2.28. The first kappa shape index (κ1) is 10.5. The predicted octanol–water partition coefficient (Wildman–Crippen LogP) is 3.41. The van der Waals surface area contributed by atoms with Crippen LogP contribution in [0.2, 0.25) is 0 Å². The predicted molar refractivity (Wildman–Crippen MR) is 66.2 cm³/mol. The molecule has 3 heteroatoms. The zero-order chi connectivity index (χ0) is 10.8. The first-order valence-electron chi connectivity index (χ1n) is 5.04. The number of rotatable bonds is 3. The van der Waals surface area contributed by atoms with Crippen molar-refractivity contribution in [2.75, 3.05) is 5.73 Å². The van der Waals surface area contributed by atoms with Crippen molar-refractivity contribution in [3.05, 3.63) is 29.1 Å². The average Bonchev–Trinajstić information content (AvgIpc) is 2.57. The maximum absolute atomic E-state index is 5.73. The summed E-state index contributed by atoms with van der Waals surface area (Å²) in [5.41, 5.74) is 7.80. The second-order valence-electron chi connectivity index (χ2n) is 3.88. The molecule has 1 aromatic heterocycles. The van der Waals surface area contributed by atoms with E-state index in [1.807, 2.05) is 26.0 Å². The zero-order valence-electron chi connectivity index (χ0n) is 8.99. The van der Waals surface area contributed by atoms with Gasteiger partial charge in [0.05, 0.1) is 12.7 Å². The van der Waals surface area contributed by atoms with E-state index in [1.54, 1.807) is 11.3 Å². The second-order valence-corrected chi connectivity index (χ2v) is 4.79. The molecule has 0 unspecified atom stereocenters. The summed E-state index contributed by atoms with van der Waals surface area (Å²) >= 11 is 1.72. The summed E-state index contributed by atoms with van der Waals surface area (Å²) in [5, 5.41) is 3.40. The highest BCUT2D eigenvalue weighted by molar-refractivity contribution is 7.17. The summed E-state index contributed by atoms with van der Waals surface area (Å²) in [6.07, 6.45) is 0.272. The number of ether oxygens (including phenoxy) is 1. The van der Waals surface area contributed by atoms with Crippen LogP contribution in [-0.4, -0.2) is 6.10 Å². The van der Waals surface area contributed by atoms with Crippen LogP contribution in [0.5, 0.6) is 0 Å². The van der Waals surface area contributed by atoms with E-state index < -0.39 is 0 Å². The molecular weight excluding hydrogens is 206 g/mol. The lowest BCUT2D eigenvalue weighted by atomic mass is 10.2. The van der Waals surface area contributed by atoms with Gasteiger partial charge < -0.3 is 10.5 Å². The molecule has 0 spiro atoms. The lowest BCUT2D eigenvalue weighted by molar-refractivity contribution is 0.0666. The molecule has 1 heterocycles. The van der Waals surface area contributed by atoms with Gasteiger partial charge >= 0.3 is 0 Å². The van der Waals surface area contributed by atoms with E-state index in [9.17, 15) is 0 Å². The molecule has 2 rings (SSSR count). The smallest absolute Gasteiger partial charge is 0.0734 e. The third-order valence-electron chi connectivity index (χ3n) is 2.25. The number of hydrogen-bond acceptors (Lipinski definition) is 3. The summed E-state index contributed by atoms with van der Waals surface area (Å²) in [6, 6.07) is 6.02. The summed E-state index contributed by atoms with van der Waals surface area (Å²) in [4.78, 5) is 0. The third kappa shape index (κ3) is 2.30. The minimum atomic E-state index is 0.272. The van der Waals surface area contributed by atoms with E-state index in [0.717, 1.165) is 5.69 Å². The summed E-state index contributed by atoms with van der Waals surface area (Å²) in [6.45, 7) is 4.78. The van der Waals surface area contributed by atoms with Crippen molar-refractivity contribution in [1.29, 1.82) is 0 Å². The highest BCUT2D eigenvalue weighted by atomic mass is 32.1. The fourth-order valence-electron chi connectivity index (χ4n) is 1.47. The van der Waals surface area contributed by atoms with E-state index >= 15 is 0 Å². The van der Waals surface area contributed by atoms with Gasteiger partial charge in [0.15, 0.2) is 0 Å². The van der Waals surface area contributed by atoms with Crippen LogP contribution in [0.4, 0.5) is 5.69 Å². The van der Waals surface area contributed by atoms with Crippen molar-refractivity contribution < 1.29 is 4.74 Å². The number of benzene rings is 1. The van der Waals surface area contributed by atoms with E-state index in [0.29, 0.717) is 6.61 Å². The molecule has 0 radical (unpaired) electrons. The summed E-state index contributed by atoms with van der Waals surface area (Å²) in [7, 11) is 0. The Morgan fingerprint density at radius 3 is 2.93 bits per heavy atom. The summed E-state index contributed by atoms with van der Waals surface area (Å²) in [5.74, 6) is 0. The van der Waals surface area contributed by atoms with Gasteiger partial charge in [0.25, 0.3) is 0 Å². The molecule has 0 saturated heterocycles. The van der Waals surface area contributed by atoms with E-state index in [1.165, 1.54) is 15.6 Å². The average molecular weight is 221 g/mol. The topological polar surface area (TPSA) is 35.2 Å². The van der Waals surface area contributed by atoms with Gasteiger partial charge in [-0.1, -0.05) is 6.07 Å². The Hall–Kier alpha value is -1.06. The van der Waals surface area contributed by atoms with Crippen LogP contribution >= 0.6 is 11.3 Å². The molecule has 0 fully saturated rings. The number of thiophene rings is 1. The van der Waals surface area contributed by atoms with Crippen LogP contribution in [0.25, 0.3) is 10.1 Å². The van der Waals surface area contributed by atoms with Gasteiger partial charge in [0.2, 0.25) is 0 Å². The zero-order valence-corrected chi connectivity index (χ0v) is 9.80. The van der Waals surface area contributed by atoms with Crippen LogP contribution in [0.15, 0.2) is 23.6 Å². The number of anilines is 1. The summed E-state index contributed by atoms with van der Waals surface area (Å²) < 4.78 is 6.83. The van der Waals surface area contributed by atoms with Gasteiger partial charge in [-0.05, 0) is 42.3 Å². The fourth-order valence-corrected chi connectivity index (χ4v) is 2.46. The van der Waals surface area contributed by atoms with Gasteiger partial charge in [-0.25, -0.2) is 0 Å². The minimum Gasteiger partial charge on any atom is -0.399 e. The highest BCUT2D eigenvalue weighted by Gasteiger charge is 2.05. The van der Waals surface area contributed by atoms with Gasteiger partial charge in [-0.15, -0.1) is 11.3 Å². The molecule has 1 aromatic carbocycles. The van der Waals surface area contributed by atoms with Crippen LogP contribution in [-0.2, 0) is 11.3 Å². The Morgan fingerprint density at radius 2 is 2.20 bits per heavy atom. The van der Waals surface area contributed by atoms with Gasteiger partial charge in [0.1, 0.15) is 0 Å². The molecule has 0 amide bonds. The van der Waals surface area contributed by atoms with E-state index in [2.05, 4.69) is 11.4 Å². The Balaban J connectivity index is 2.29. The third-order valence-corrected chi connectivity index (χ3v) is 3.25. The van der Waals surface area contributed by atoms with E-state index in [4.69, 9.17) is 10.5 Å². The number of nitrogens with two attached hydrogens (primary N) is 1. The normalized spacial score (nSPS) is 11.4. The molecular formula is C12H15NOS. The van der Waals surface area contributed by atoms with Crippen LogP contribution in [0.1, 0.15) is 19.4 Å². The monoisotopic (exact) mass is 221 g/mol. The Morgan fingerprint density at radius 1 is 1.40 bits per heavy atom. The fraction of sp³-hybridized carbons (Fsp3) is 0.333. The van der Waals surface area contributed by atoms with E-state index in [-0.39, 0.29) is 6.10 Å². The van der Waals surface area contributed by atoms with Gasteiger partial charge in [0, 0.05) is 10.4 Å². The molecule has 0 aliphatic carbocycles. The quantitative estimate of drug-likeness (QED) is 0.806. The van der Waals surface area contributed by atoms with Crippen molar-refractivity contribution in [3.63, 3.8) is 0 Å². The molecule has 2 nitrogen and oxygen atoms in total. The Bertz CT molecular complexity index is 462. The lowest BCUT2D eigenvalue weighted by Crippen LogP contribution is -2.01. The molecule has 2 aromatic rings. The van der Waals surface area contributed by atoms with Crippen molar-refractivity contribution in [1.82, 2.24) is 0 Å². The van der Waals surface area contributed by atoms with Crippen LogP contribution in [0.3, 0.4) is 0 Å². The number of hydrogen-bond donors (Lipinski definition) is 1. The molecule has 0 bridgehead atoms. The molecule has 2 N–H and O–H groups in total.